The summed E-state index contributed by atoms with van der Waals surface area (Å²) in [6.45, 7) is 0.719. The summed E-state index contributed by atoms with van der Waals surface area (Å²) in [6.07, 6.45) is 0. The standard InChI is InChI=1S/C9H9ClN2O/c10-6-1-3-7(4-2-6)12-5-8(12)9(11)13/h1-4,8H,5H2,(H2,11,13). The van der Waals surface area contributed by atoms with Crippen molar-refractivity contribution in [2.45, 2.75) is 6.04 Å². The fraction of sp³-hybridized carbons (Fsp3) is 0.222. The van der Waals surface area contributed by atoms with E-state index in [-0.39, 0.29) is 11.9 Å². The molecule has 0 radical (unpaired) electrons. The molecule has 1 aliphatic heterocycles. The van der Waals surface area contributed by atoms with Gasteiger partial charge in [0.25, 0.3) is 0 Å². The smallest absolute Gasteiger partial charge is 0.241 e. The summed E-state index contributed by atoms with van der Waals surface area (Å²) in [4.78, 5) is 12.7. The van der Waals surface area contributed by atoms with Gasteiger partial charge < -0.3 is 10.6 Å². The molecule has 13 heavy (non-hydrogen) atoms. The second-order valence-electron chi connectivity index (χ2n) is 3.05. The van der Waals surface area contributed by atoms with Crippen LogP contribution in [-0.2, 0) is 4.79 Å². The number of hydrogen-bond donors (Lipinski definition) is 1. The van der Waals surface area contributed by atoms with Crippen molar-refractivity contribution >= 4 is 23.2 Å². The van der Waals surface area contributed by atoms with Gasteiger partial charge in [-0.2, -0.15) is 0 Å². The third-order valence-electron chi connectivity index (χ3n) is 2.10. The molecular weight excluding hydrogens is 188 g/mol. The average molecular weight is 197 g/mol. The van der Waals surface area contributed by atoms with Gasteiger partial charge in [0, 0.05) is 17.3 Å². The Morgan fingerprint density at radius 2 is 2.08 bits per heavy atom. The van der Waals surface area contributed by atoms with E-state index < -0.39 is 0 Å². The Labute approximate surface area is 81.1 Å². The molecule has 2 rings (SSSR count). The van der Waals surface area contributed by atoms with Crippen LogP contribution in [-0.4, -0.2) is 18.5 Å². The van der Waals surface area contributed by atoms with Gasteiger partial charge in [-0.3, -0.25) is 4.79 Å². The van der Waals surface area contributed by atoms with Crippen molar-refractivity contribution in [1.82, 2.24) is 0 Å². The highest BCUT2D eigenvalue weighted by Crippen LogP contribution is 2.28. The summed E-state index contributed by atoms with van der Waals surface area (Å²) in [5.74, 6) is -0.269. The Balaban J connectivity index is 2.12. The zero-order chi connectivity index (χ0) is 9.42. The second-order valence-corrected chi connectivity index (χ2v) is 3.48. The lowest BCUT2D eigenvalue weighted by atomic mass is 10.3. The highest BCUT2D eigenvalue weighted by Gasteiger charge is 2.38. The Morgan fingerprint density at radius 3 is 2.54 bits per heavy atom. The zero-order valence-corrected chi connectivity index (χ0v) is 7.66. The Morgan fingerprint density at radius 1 is 1.46 bits per heavy atom. The van der Waals surface area contributed by atoms with E-state index in [4.69, 9.17) is 17.3 Å². The minimum atomic E-state index is -0.269. The maximum atomic E-state index is 10.8. The number of amides is 1. The fourth-order valence-corrected chi connectivity index (χ4v) is 1.43. The first kappa shape index (κ1) is 8.38. The van der Waals surface area contributed by atoms with Gasteiger partial charge in [0.05, 0.1) is 0 Å². The van der Waals surface area contributed by atoms with E-state index in [0.29, 0.717) is 5.02 Å². The molecule has 2 N–H and O–H groups in total. The maximum absolute atomic E-state index is 10.8. The molecule has 4 heteroatoms. The van der Waals surface area contributed by atoms with Crippen molar-refractivity contribution in [3.8, 4) is 0 Å². The van der Waals surface area contributed by atoms with Crippen LogP contribution in [0.15, 0.2) is 24.3 Å². The molecule has 0 aliphatic carbocycles. The van der Waals surface area contributed by atoms with Crippen molar-refractivity contribution in [1.29, 1.82) is 0 Å². The van der Waals surface area contributed by atoms with Crippen molar-refractivity contribution in [2.24, 2.45) is 5.73 Å². The first-order chi connectivity index (χ1) is 6.18. The molecule has 0 spiro atoms. The lowest BCUT2D eigenvalue weighted by Gasteiger charge is -2.02. The topological polar surface area (TPSA) is 46.1 Å². The van der Waals surface area contributed by atoms with Gasteiger partial charge in [-0.15, -0.1) is 0 Å². The summed E-state index contributed by atoms with van der Waals surface area (Å²) in [7, 11) is 0. The summed E-state index contributed by atoms with van der Waals surface area (Å²) in [5.41, 5.74) is 6.14. The van der Waals surface area contributed by atoms with Gasteiger partial charge in [0.1, 0.15) is 6.04 Å². The Bertz CT molecular complexity index is 336. The van der Waals surface area contributed by atoms with Gasteiger partial charge in [-0.25, -0.2) is 0 Å². The van der Waals surface area contributed by atoms with Crippen molar-refractivity contribution < 1.29 is 4.79 Å². The van der Waals surface area contributed by atoms with E-state index >= 15 is 0 Å². The highest BCUT2D eigenvalue weighted by molar-refractivity contribution is 6.30. The molecule has 0 aromatic heterocycles. The van der Waals surface area contributed by atoms with E-state index in [9.17, 15) is 4.79 Å². The molecule has 1 saturated heterocycles. The Kier molecular flexibility index (Phi) is 1.88. The van der Waals surface area contributed by atoms with E-state index in [0.717, 1.165) is 12.2 Å². The van der Waals surface area contributed by atoms with Crippen LogP contribution in [0, 0.1) is 0 Å². The number of rotatable bonds is 2. The number of primary amides is 1. The molecule has 1 aromatic carbocycles. The van der Waals surface area contributed by atoms with E-state index in [1.807, 2.05) is 17.0 Å². The maximum Gasteiger partial charge on any atom is 0.241 e. The summed E-state index contributed by atoms with van der Waals surface area (Å²) in [5, 5.41) is 0.696. The number of benzene rings is 1. The normalized spacial score (nSPS) is 20.1. The highest BCUT2D eigenvalue weighted by atomic mass is 35.5. The lowest BCUT2D eigenvalue weighted by molar-refractivity contribution is -0.117. The quantitative estimate of drug-likeness (QED) is 0.718. The van der Waals surface area contributed by atoms with Crippen LogP contribution in [0.5, 0.6) is 0 Å². The van der Waals surface area contributed by atoms with Gasteiger partial charge in [0.2, 0.25) is 5.91 Å². The molecule has 1 heterocycles. The summed E-state index contributed by atoms with van der Waals surface area (Å²) in [6, 6.07) is 7.23. The first-order valence-corrected chi connectivity index (χ1v) is 4.38. The molecule has 3 nitrogen and oxygen atoms in total. The number of hydrogen-bond acceptors (Lipinski definition) is 2. The third-order valence-corrected chi connectivity index (χ3v) is 2.35. The number of nitrogens with two attached hydrogens (primary N) is 1. The summed E-state index contributed by atoms with van der Waals surface area (Å²) >= 11 is 5.73. The monoisotopic (exact) mass is 196 g/mol. The van der Waals surface area contributed by atoms with Crippen LogP contribution in [0.4, 0.5) is 5.69 Å². The second kappa shape index (κ2) is 2.92. The van der Waals surface area contributed by atoms with Gasteiger partial charge >= 0.3 is 0 Å². The minimum absolute atomic E-state index is 0.124. The SMILES string of the molecule is NC(=O)C1CN1c1ccc(Cl)cc1. The predicted octanol–water partition coefficient (Wildman–Crippen LogP) is 1.01. The van der Waals surface area contributed by atoms with E-state index in [1.165, 1.54) is 0 Å². The van der Waals surface area contributed by atoms with Crippen LogP contribution >= 0.6 is 11.6 Å². The molecular formula is C9H9ClN2O. The molecule has 0 saturated carbocycles. The van der Waals surface area contributed by atoms with Crippen LogP contribution < -0.4 is 10.6 Å². The largest absolute Gasteiger partial charge is 0.368 e. The zero-order valence-electron chi connectivity index (χ0n) is 6.90. The molecule has 1 aliphatic rings. The van der Waals surface area contributed by atoms with Gasteiger partial charge in [-0.05, 0) is 24.3 Å². The molecule has 1 unspecified atom stereocenters. The number of anilines is 1. The Hall–Kier alpha value is -1.22. The van der Waals surface area contributed by atoms with E-state index in [2.05, 4.69) is 0 Å². The van der Waals surface area contributed by atoms with Gasteiger partial charge in [-0.1, -0.05) is 11.6 Å². The number of halogens is 1. The van der Waals surface area contributed by atoms with Gasteiger partial charge in [0.15, 0.2) is 0 Å². The van der Waals surface area contributed by atoms with Crippen LogP contribution in [0.1, 0.15) is 0 Å². The summed E-state index contributed by atoms with van der Waals surface area (Å²) < 4.78 is 0. The minimum Gasteiger partial charge on any atom is -0.368 e. The average Bonchev–Trinajstić information content (AvgIpc) is 2.85. The molecule has 68 valence electrons. The number of carbonyl (C=O) groups excluding carboxylic acids is 1. The number of carbonyl (C=O) groups is 1. The predicted molar refractivity (Wildman–Crippen MR) is 51.8 cm³/mol. The third kappa shape index (κ3) is 1.60. The number of nitrogens with zero attached hydrogens (tertiary/aromatic N) is 1. The molecule has 0 bridgehead atoms. The molecule has 1 amide bonds. The lowest BCUT2D eigenvalue weighted by Crippen LogP contribution is -2.21. The molecule has 1 fully saturated rings. The molecule has 1 atom stereocenters. The molecule has 1 aromatic rings. The van der Waals surface area contributed by atoms with Crippen molar-refractivity contribution in [3.63, 3.8) is 0 Å². The van der Waals surface area contributed by atoms with Crippen molar-refractivity contribution in [3.05, 3.63) is 29.3 Å². The van der Waals surface area contributed by atoms with Crippen LogP contribution in [0.2, 0.25) is 5.02 Å². The van der Waals surface area contributed by atoms with E-state index in [1.54, 1.807) is 12.1 Å². The van der Waals surface area contributed by atoms with Crippen LogP contribution in [0.25, 0.3) is 0 Å². The van der Waals surface area contributed by atoms with Crippen molar-refractivity contribution in [2.75, 3.05) is 11.4 Å². The first-order valence-electron chi connectivity index (χ1n) is 4.00. The van der Waals surface area contributed by atoms with Crippen LogP contribution in [0.3, 0.4) is 0 Å². The fourth-order valence-electron chi connectivity index (χ4n) is 1.30.